The van der Waals surface area contributed by atoms with Crippen molar-refractivity contribution in [2.24, 2.45) is 0 Å². The van der Waals surface area contributed by atoms with Crippen LogP contribution in [-0.4, -0.2) is 19.9 Å². The lowest BCUT2D eigenvalue weighted by molar-refractivity contribution is 0.103. The summed E-state index contributed by atoms with van der Waals surface area (Å²) >= 11 is 0. The van der Waals surface area contributed by atoms with Crippen LogP contribution in [-0.2, 0) is 0 Å². The maximum atomic E-state index is 13.7. The standard InChI is InChI=1S/C16H16FNO/c1-11-7-8-15(17)14(9-11)16(19)12-5-4-6-13(10-12)18(2)3/h4-10H,1-3H3. The van der Waals surface area contributed by atoms with E-state index in [-0.39, 0.29) is 11.3 Å². The number of rotatable bonds is 3. The van der Waals surface area contributed by atoms with E-state index in [1.165, 1.54) is 6.07 Å². The highest BCUT2D eigenvalue weighted by Gasteiger charge is 2.14. The smallest absolute Gasteiger partial charge is 0.196 e. The summed E-state index contributed by atoms with van der Waals surface area (Å²) < 4.78 is 13.7. The molecule has 0 aromatic heterocycles. The number of hydrogen-bond acceptors (Lipinski definition) is 2. The molecular formula is C16H16FNO. The van der Waals surface area contributed by atoms with E-state index in [2.05, 4.69) is 0 Å². The summed E-state index contributed by atoms with van der Waals surface area (Å²) in [6, 6.07) is 11.8. The van der Waals surface area contributed by atoms with Gasteiger partial charge in [0, 0.05) is 25.3 Å². The van der Waals surface area contributed by atoms with Crippen LogP contribution in [0.1, 0.15) is 21.5 Å². The zero-order valence-electron chi connectivity index (χ0n) is 11.3. The Bertz CT molecular complexity index is 620. The molecule has 0 spiro atoms. The van der Waals surface area contributed by atoms with Crippen LogP contribution in [0.5, 0.6) is 0 Å². The van der Waals surface area contributed by atoms with E-state index in [0.29, 0.717) is 5.56 Å². The van der Waals surface area contributed by atoms with Crippen LogP contribution in [0, 0.1) is 12.7 Å². The third-order valence-corrected chi connectivity index (χ3v) is 2.99. The second-order valence-corrected chi connectivity index (χ2v) is 4.76. The molecule has 0 unspecified atom stereocenters. The Morgan fingerprint density at radius 3 is 2.53 bits per heavy atom. The Morgan fingerprint density at radius 1 is 1.11 bits per heavy atom. The molecular weight excluding hydrogens is 241 g/mol. The van der Waals surface area contributed by atoms with Crippen LogP contribution in [0.25, 0.3) is 0 Å². The van der Waals surface area contributed by atoms with Crippen LogP contribution >= 0.6 is 0 Å². The molecule has 3 heteroatoms. The van der Waals surface area contributed by atoms with Gasteiger partial charge in [0.05, 0.1) is 5.56 Å². The number of anilines is 1. The number of carbonyl (C=O) groups excluding carboxylic acids is 1. The Labute approximate surface area is 112 Å². The summed E-state index contributed by atoms with van der Waals surface area (Å²) in [6.45, 7) is 1.84. The maximum absolute atomic E-state index is 13.7. The van der Waals surface area contributed by atoms with E-state index in [9.17, 15) is 9.18 Å². The number of nitrogens with zero attached hydrogens (tertiary/aromatic N) is 1. The first-order valence-corrected chi connectivity index (χ1v) is 6.07. The summed E-state index contributed by atoms with van der Waals surface area (Å²) in [5, 5.41) is 0. The topological polar surface area (TPSA) is 20.3 Å². The number of carbonyl (C=O) groups is 1. The van der Waals surface area contributed by atoms with Crippen molar-refractivity contribution in [3.8, 4) is 0 Å². The molecule has 2 rings (SSSR count). The molecule has 0 heterocycles. The van der Waals surface area contributed by atoms with E-state index < -0.39 is 5.82 Å². The normalized spacial score (nSPS) is 10.3. The fourth-order valence-electron chi connectivity index (χ4n) is 1.89. The Morgan fingerprint density at radius 2 is 1.84 bits per heavy atom. The molecule has 98 valence electrons. The van der Waals surface area contributed by atoms with Crippen molar-refractivity contribution >= 4 is 11.5 Å². The molecule has 0 aliphatic carbocycles. The largest absolute Gasteiger partial charge is 0.378 e. The number of aryl methyl sites for hydroxylation is 1. The molecule has 0 radical (unpaired) electrons. The molecule has 0 atom stereocenters. The second-order valence-electron chi connectivity index (χ2n) is 4.76. The van der Waals surface area contributed by atoms with Gasteiger partial charge in [-0.15, -0.1) is 0 Å². The molecule has 0 bridgehead atoms. The van der Waals surface area contributed by atoms with E-state index in [0.717, 1.165) is 11.3 Å². The van der Waals surface area contributed by atoms with Crippen LogP contribution in [0.4, 0.5) is 10.1 Å². The average Bonchev–Trinajstić information content (AvgIpc) is 2.41. The SMILES string of the molecule is Cc1ccc(F)c(C(=O)c2cccc(N(C)C)c2)c1. The molecule has 0 saturated heterocycles. The second kappa shape index (κ2) is 5.22. The first-order valence-electron chi connectivity index (χ1n) is 6.07. The van der Waals surface area contributed by atoms with E-state index in [1.807, 2.05) is 32.0 Å². The van der Waals surface area contributed by atoms with Gasteiger partial charge in [-0.25, -0.2) is 4.39 Å². The van der Waals surface area contributed by atoms with E-state index in [4.69, 9.17) is 0 Å². The first-order chi connectivity index (χ1) is 8.99. The Hall–Kier alpha value is -2.16. The lowest BCUT2D eigenvalue weighted by Crippen LogP contribution is -2.10. The summed E-state index contributed by atoms with van der Waals surface area (Å²) in [5.74, 6) is -0.768. The lowest BCUT2D eigenvalue weighted by atomic mass is 10.0. The first kappa shape index (κ1) is 13.3. The molecule has 0 aliphatic heterocycles. The van der Waals surface area contributed by atoms with Gasteiger partial charge >= 0.3 is 0 Å². The minimum Gasteiger partial charge on any atom is -0.378 e. The molecule has 0 N–H and O–H groups in total. The molecule has 0 aliphatic rings. The van der Waals surface area contributed by atoms with Crippen LogP contribution < -0.4 is 4.90 Å². The van der Waals surface area contributed by atoms with Gasteiger partial charge in [0.2, 0.25) is 0 Å². The molecule has 0 saturated carbocycles. The van der Waals surface area contributed by atoms with Gasteiger partial charge < -0.3 is 4.90 Å². The van der Waals surface area contributed by atoms with Crippen molar-refractivity contribution in [1.82, 2.24) is 0 Å². The monoisotopic (exact) mass is 257 g/mol. The maximum Gasteiger partial charge on any atom is 0.196 e. The minimum absolute atomic E-state index is 0.121. The zero-order chi connectivity index (χ0) is 14.0. The average molecular weight is 257 g/mol. The van der Waals surface area contributed by atoms with Crippen molar-refractivity contribution in [2.75, 3.05) is 19.0 Å². The summed E-state index contributed by atoms with van der Waals surface area (Å²) in [7, 11) is 3.80. The molecule has 2 aromatic rings. The van der Waals surface area contributed by atoms with Crippen molar-refractivity contribution in [3.05, 3.63) is 65.0 Å². The van der Waals surface area contributed by atoms with Gasteiger partial charge in [0.15, 0.2) is 5.78 Å². The van der Waals surface area contributed by atoms with Crippen molar-refractivity contribution in [1.29, 1.82) is 0 Å². The third-order valence-electron chi connectivity index (χ3n) is 2.99. The van der Waals surface area contributed by atoms with Crippen LogP contribution in [0.2, 0.25) is 0 Å². The Kier molecular flexibility index (Phi) is 3.65. The highest BCUT2D eigenvalue weighted by molar-refractivity contribution is 6.09. The van der Waals surface area contributed by atoms with Gasteiger partial charge in [0.1, 0.15) is 5.82 Å². The highest BCUT2D eigenvalue weighted by atomic mass is 19.1. The number of ketones is 1. The zero-order valence-corrected chi connectivity index (χ0v) is 11.3. The summed E-state index contributed by atoms with van der Waals surface area (Å²) in [4.78, 5) is 14.2. The molecule has 0 fully saturated rings. The van der Waals surface area contributed by atoms with Crippen molar-refractivity contribution in [2.45, 2.75) is 6.92 Å². The van der Waals surface area contributed by atoms with Crippen molar-refractivity contribution in [3.63, 3.8) is 0 Å². The third kappa shape index (κ3) is 2.81. The number of hydrogen-bond donors (Lipinski definition) is 0. The number of benzene rings is 2. The lowest BCUT2D eigenvalue weighted by Gasteiger charge is -2.13. The summed E-state index contributed by atoms with van der Waals surface area (Å²) in [5.41, 5.74) is 2.40. The predicted octanol–water partition coefficient (Wildman–Crippen LogP) is 3.43. The van der Waals surface area contributed by atoms with Crippen molar-refractivity contribution < 1.29 is 9.18 Å². The van der Waals surface area contributed by atoms with Crippen LogP contribution in [0.15, 0.2) is 42.5 Å². The number of halogens is 1. The molecule has 2 nitrogen and oxygen atoms in total. The predicted molar refractivity (Wildman–Crippen MR) is 75.3 cm³/mol. The van der Waals surface area contributed by atoms with Gasteiger partial charge in [-0.05, 0) is 31.2 Å². The van der Waals surface area contributed by atoms with Gasteiger partial charge in [-0.1, -0.05) is 23.8 Å². The fraction of sp³-hybridized carbons (Fsp3) is 0.188. The van der Waals surface area contributed by atoms with Gasteiger partial charge in [-0.3, -0.25) is 4.79 Å². The quantitative estimate of drug-likeness (QED) is 0.785. The Balaban J connectivity index is 2.44. The molecule has 2 aromatic carbocycles. The molecule has 0 amide bonds. The molecule has 19 heavy (non-hydrogen) atoms. The summed E-state index contributed by atoms with van der Waals surface area (Å²) in [6.07, 6.45) is 0. The van der Waals surface area contributed by atoms with Crippen LogP contribution in [0.3, 0.4) is 0 Å². The fourth-order valence-corrected chi connectivity index (χ4v) is 1.89. The van der Waals surface area contributed by atoms with Gasteiger partial charge in [-0.2, -0.15) is 0 Å². The van der Waals surface area contributed by atoms with Gasteiger partial charge in [0.25, 0.3) is 0 Å². The highest BCUT2D eigenvalue weighted by Crippen LogP contribution is 2.19. The minimum atomic E-state index is -0.481. The van der Waals surface area contributed by atoms with E-state index >= 15 is 0 Å². The van der Waals surface area contributed by atoms with E-state index in [1.54, 1.807) is 30.3 Å².